The van der Waals surface area contributed by atoms with Crippen molar-refractivity contribution in [1.29, 1.82) is 0 Å². The van der Waals surface area contributed by atoms with Crippen LogP contribution in [0.3, 0.4) is 0 Å². The lowest BCUT2D eigenvalue weighted by molar-refractivity contribution is -0.0346. The minimum Gasteiger partial charge on any atom is -0.391 e. The molecule has 0 bridgehead atoms. The maximum Gasteiger partial charge on any atom is 0.125 e. The van der Waals surface area contributed by atoms with Gasteiger partial charge in [0.25, 0.3) is 0 Å². The number of benzene rings is 1. The minimum atomic E-state index is -0.721. The standard InChI is InChI=1S/C15H22FNO2/c16-12-5-4-6-13(9-12)17-11-14(18)10-15(19)7-2-1-3-8-15/h4-6,9,14,17-19H,1-3,7-8,10-11H2. The van der Waals surface area contributed by atoms with Gasteiger partial charge in [-0.15, -0.1) is 0 Å². The SMILES string of the molecule is OC(CNc1cccc(F)c1)CC1(O)CCCCC1. The van der Waals surface area contributed by atoms with Crippen molar-refractivity contribution < 1.29 is 14.6 Å². The predicted molar refractivity (Wildman–Crippen MR) is 73.5 cm³/mol. The van der Waals surface area contributed by atoms with Gasteiger partial charge in [-0.2, -0.15) is 0 Å². The van der Waals surface area contributed by atoms with Crippen molar-refractivity contribution in [3.05, 3.63) is 30.1 Å². The number of aliphatic hydroxyl groups is 2. The van der Waals surface area contributed by atoms with Crippen LogP contribution in [0.1, 0.15) is 38.5 Å². The molecule has 1 aromatic rings. The summed E-state index contributed by atoms with van der Waals surface area (Å²) < 4.78 is 13.0. The maximum atomic E-state index is 13.0. The average molecular weight is 267 g/mol. The zero-order valence-electron chi connectivity index (χ0n) is 11.1. The Bertz CT molecular complexity index is 405. The van der Waals surface area contributed by atoms with Gasteiger partial charge in [0.15, 0.2) is 0 Å². The Balaban J connectivity index is 1.79. The third-order valence-corrected chi connectivity index (χ3v) is 3.77. The lowest BCUT2D eigenvalue weighted by Crippen LogP contribution is -2.37. The van der Waals surface area contributed by atoms with Crippen LogP contribution in [0.15, 0.2) is 24.3 Å². The molecule has 0 heterocycles. The van der Waals surface area contributed by atoms with Crippen LogP contribution in [0, 0.1) is 5.82 Å². The molecule has 1 saturated carbocycles. The van der Waals surface area contributed by atoms with E-state index >= 15 is 0 Å². The molecule has 19 heavy (non-hydrogen) atoms. The molecule has 0 aliphatic heterocycles. The molecule has 2 rings (SSSR count). The monoisotopic (exact) mass is 267 g/mol. The third-order valence-electron chi connectivity index (χ3n) is 3.77. The molecule has 3 N–H and O–H groups in total. The van der Waals surface area contributed by atoms with E-state index in [1.165, 1.54) is 18.6 Å². The zero-order valence-corrected chi connectivity index (χ0v) is 11.1. The summed E-state index contributed by atoms with van der Waals surface area (Å²) in [4.78, 5) is 0. The summed E-state index contributed by atoms with van der Waals surface area (Å²) >= 11 is 0. The molecule has 106 valence electrons. The first-order valence-electron chi connectivity index (χ1n) is 6.97. The molecule has 0 amide bonds. The van der Waals surface area contributed by atoms with Crippen LogP contribution in [-0.2, 0) is 0 Å². The molecule has 1 aliphatic carbocycles. The Labute approximate surface area is 113 Å². The Kier molecular flexibility index (Phi) is 4.77. The molecule has 0 spiro atoms. The van der Waals surface area contributed by atoms with Crippen LogP contribution in [-0.4, -0.2) is 28.5 Å². The van der Waals surface area contributed by atoms with Gasteiger partial charge >= 0.3 is 0 Å². The Morgan fingerprint density at radius 3 is 2.68 bits per heavy atom. The number of aliphatic hydroxyl groups excluding tert-OH is 1. The van der Waals surface area contributed by atoms with E-state index in [-0.39, 0.29) is 5.82 Å². The molecule has 0 saturated heterocycles. The van der Waals surface area contributed by atoms with Crippen LogP contribution in [0.2, 0.25) is 0 Å². The van der Waals surface area contributed by atoms with Crippen molar-refractivity contribution >= 4 is 5.69 Å². The van der Waals surface area contributed by atoms with Crippen molar-refractivity contribution in [3.63, 3.8) is 0 Å². The van der Waals surface area contributed by atoms with Crippen molar-refractivity contribution in [2.75, 3.05) is 11.9 Å². The largest absolute Gasteiger partial charge is 0.391 e. The molecule has 1 fully saturated rings. The smallest absolute Gasteiger partial charge is 0.125 e. The van der Waals surface area contributed by atoms with Crippen LogP contribution >= 0.6 is 0 Å². The summed E-state index contributed by atoms with van der Waals surface area (Å²) in [5.41, 5.74) is -0.0731. The lowest BCUT2D eigenvalue weighted by Gasteiger charge is -2.33. The summed E-state index contributed by atoms with van der Waals surface area (Å²) in [5.74, 6) is -0.301. The number of rotatable bonds is 5. The van der Waals surface area contributed by atoms with Gasteiger partial charge in [-0.3, -0.25) is 0 Å². The number of anilines is 1. The molecule has 1 atom stereocenters. The Hall–Kier alpha value is -1.13. The number of hydrogen-bond acceptors (Lipinski definition) is 3. The second kappa shape index (κ2) is 6.35. The van der Waals surface area contributed by atoms with Crippen LogP contribution in [0.4, 0.5) is 10.1 Å². The fourth-order valence-electron chi connectivity index (χ4n) is 2.76. The summed E-state index contributed by atoms with van der Waals surface area (Å²) in [5, 5.41) is 23.3. The first-order valence-corrected chi connectivity index (χ1v) is 6.97. The quantitative estimate of drug-likeness (QED) is 0.769. The highest BCUT2D eigenvalue weighted by atomic mass is 19.1. The van der Waals surface area contributed by atoms with Gasteiger partial charge in [-0.05, 0) is 31.0 Å². The molecular formula is C15H22FNO2. The fourth-order valence-corrected chi connectivity index (χ4v) is 2.76. The number of hydrogen-bond donors (Lipinski definition) is 3. The van der Waals surface area contributed by atoms with E-state index in [0.717, 1.165) is 25.7 Å². The predicted octanol–water partition coefficient (Wildman–Crippen LogP) is 2.68. The van der Waals surface area contributed by atoms with E-state index in [9.17, 15) is 14.6 Å². The van der Waals surface area contributed by atoms with Crippen LogP contribution < -0.4 is 5.32 Å². The highest BCUT2D eigenvalue weighted by molar-refractivity contribution is 5.43. The van der Waals surface area contributed by atoms with E-state index in [2.05, 4.69) is 5.32 Å². The summed E-state index contributed by atoms with van der Waals surface area (Å²) in [6.45, 7) is 0.325. The van der Waals surface area contributed by atoms with Crippen molar-refractivity contribution in [3.8, 4) is 0 Å². The van der Waals surface area contributed by atoms with E-state index < -0.39 is 11.7 Å². The molecule has 1 unspecified atom stereocenters. The second-order valence-corrected chi connectivity index (χ2v) is 5.53. The van der Waals surface area contributed by atoms with Gasteiger partial charge < -0.3 is 15.5 Å². The molecule has 3 nitrogen and oxygen atoms in total. The van der Waals surface area contributed by atoms with Gasteiger partial charge in [-0.1, -0.05) is 25.3 Å². The first-order chi connectivity index (χ1) is 9.07. The fraction of sp³-hybridized carbons (Fsp3) is 0.600. The number of halogens is 1. The summed E-state index contributed by atoms with van der Waals surface area (Å²) in [7, 11) is 0. The van der Waals surface area contributed by atoms with Gasteiger partial charge in [0, 0.05) is 18.7 Å². The zero-order chi connectivity index (χ0) is 13.7. The molecule has 1 aromatic carbocycles. The van der Waals surface area contributed by atoms with E-state index in [1.54, 1.807) is 12.1 Å². The van der Waals surface area contributed by atoms with Crippen LogP contribution in [0.5, 0.6) is 0 Å². The number of nitrogens with one attached hydrogen (secondary N) is 1. The molecule has 0 aromatic heterocycles. The topological polar surface area (TPSA) is 52.5 Å². The van der Waals surface area contributed by atoms with Gasteiger partial charge in [0.2, 0.25) is 0 Å². The molecule has 0 radical (unpaired) electrons. The third kappa shape index (κ3) is 4.48. The molecule has 1 aliphatic rings. The highest BCUT2D eigenvalue weighted by Gasteiger charge is 2.31. The maximum absolute atomic E-state index is 13.0. The second-order valence-electron chi connectivity index (χ2n) is 5.53. The van der Waals surface area contributed by atoms with Crippen molar-refractivity contribution in [2.45, 2.75) is 50.2 Å². The average Bonchev–Trinajstić information content (AvgIpc) is 2.37. The van der Waals surface area contributed by atoms with E-state index in [4.69, 9.17) is 0 Å². The first kappa shape index (κ1) is 14.3. The molecular weight excluding hydrogens is 245 g/mol. The van der Waals surface area contributed by atoms with Crippen LogP contribution in [0.25, 0.3) is 0 Å². The lowest BCUT2D eigenvalue weighted by atomic mass is 9.81. The van der Waals surface area contributed by atoms with E-state index in [1.807, 2.05) is 0 Å². The van der Waals surface area contributed by atoms with Gasteiger partial charge in [0.05, 0.1) is 11.7 Å². The van der Waals surface area contributed by atoms with Gasteiger partial charge in [0.1, 0.15) is 5.82 Å². The Morgan fingerprint density at radius 1 is 1.26 bits per heavy atom. The normalized spacial score (nSPS) is 19.9. The Morgan fingerprint density at radius 2 is 2.00 bits per heavy atom. The highest BCUT2D eigenvalue weighted by Crippen LogP contribution is 2.31. The van der Waals surface area contributed by atoms with Gasteiger partial charge in [-0.25, -0.2) is 4.39 Å². The van der Waals surface area contributed by atoms with E-state index in [0.29, 0.717) is 18.7 Å². The van der Waals surface area contributed by atoms with Crippen molar-refractivity contribution in [2.24, 2.45) is 0 Å². The summed E-state index contributed by atoms with van der Waals surface area (Å²) in [6.07, 6.45) is 4.52. The van der Waals surface area contributed by atoms with Crippen molar-refractivity contribution in [1.82, 2.24) is 0 Å². The minimum absolute atomic E-state index is 0.301. The molecule has 4 heteroatoms. The summed E-state index contributed by atoms with van der Waals surface area (Å²) in [6, 6.07) is 6.15.